The number of benzene rings is 1. The minimum absolute atomic E-state index is 0.348. The van der Waals surface area contributed by atoms with Crippen LogP contribution in [0.5, 0.6) is 5.75 Å². The molecule has 0 unspecified atom stereocenters. The highest BCUT2D eigenvalue weighted by Gasteiger charge is 2.07. The Labute approximate surface area is 120 Å². The van der Waals surface area contributed by atoms with Gasteiger partial charge in [0.05, 0.1) is 12.8 Å². The molecule has 0 fully saturated rings. The number of hydrogen-bond acceptors (Lipinski definition) is 5. The number of nitrogens with zero attached hydrogens (tertiary/aromatic N) is 3. The Morgan fingerprint density at radius 1 is 1.30 bits per heavy atom. The molecule has 1 radical (unpaired) electrons. The molecule has 6 heteroatoms. The fraction of sp³-hybridized carbons (Fsp3) is 0.0714. The van der Waals surface area contributed by atoms with Crippen LogP contribution in [0.2, 0.25) is 5.15 Å². The molecule has 0 atom stereocenters. The lowest BCUT2D eigenvalue weighted by atomic mass is 10.3. The highest BCUT2D eigenvalue weighted by atomic mass is 35.5. The summed E-state index contributed by atoms with van der Waals surface area (Å²) in [6, 6.07) is 10.1. The monoisotopic (exact) mass is 285 g/mol. The van der Waals surface area contributed by atoms with Crippen molar-refractivity contribution in [2.45, 2.75) is 0 Å². The Balaban J connectivity index is 2.01. The van der Waals surface area contributed by atoms with Gasteiger partial charge in [0.2, 0.25) is 5.95 Å². The van der Waals surface area contributed by atoms with Gasteiger partial charge in [-0.3, -0.25) is 0 Å². The number of halogens is 1. The molecule has 0 saturated carbocycles. The van der Waals surface area contributed by atoms with E-state index in [2.05, 4.69) is 26.3 Å². The number of fused-ring (bicyclic) bond motifs is 1. The maximum atomic E-state index is 6.03. The Hall–Kier alpha value is -2.40. The molecule has 5 nitrogen and oxygen atoms in total. The van der Waals surface area contributed by atoms with Crippen LogP contribution in [0.15, 0.2) is 36.7 Å². The molecule has 0 aliphatic heterocycles. The van der Waals surface area contributed by atoms with Gasteiger partial charge in [-0.15, -0.1) is 0 Å². The fourth-order valence-corrected chi connectivity index (χ4v) is 2.00. The Bertz CT molecular complexity index is 763. The SMILES string of the molecule is COc1c[c]ccc1Nc1ncc2ccnc(Cl)c2n1. The van der Waals surface area contributed by atoms with Crippen molar-refractivity contribution in [2.24, 2.45) is 0 Å². The van der Waals surface area contributed by atoms with Gasteiger partial charge < -0.3 is 10.1 Å². The number of methoxy groups -OCH3 is 1. The van der Waals surface area contributed by atoms with Crippen LogP contribution in [0.1, 0.15) is 0 Å². The number of anilines is 2. The zero-order valence-electron chi connectivity index (χ0n) is 10.6. The third-order valence-electron chi connectivity index (χ3n) is 2.75. The molecule has 2 aromatic heterocycles. The first-order valence-electron chi connectivity index (χ1n) is 5.86. The summed E-state index contributed by atoms with van der Waals surface area (Å²) < 4.78 is 5.24. The standard InChI is InChI=1S/C14H10ClN4O/c1-20-11-5-3-2-4-10(11)18-14-17-8-9-6-7-16-13(15)12(9)19-14/h2,4-8H,1H3,(H,17,18,19). The van der Waals surface area contributed by atoms with E-state index < -0.39 is 0 Å². The zero-order valence-corrected chi connectivity index (χ0v) is 11.3. The average Bonchev–Trinajstić information content (AvgIpc) is 2.49. The van der Waals surface area contributed by atoms with Crippen molar-refractivity contribution in [1.82, 2.24) is 15.0 Å². The van der Waals surface area contributed by atoms with Crippen LogP contribution < -0.4 is 10.1 Å². The van der Waals surface area contributed by atoms with Gasteiger partial charge >= 0.3 is 0 Å². The van der Waals surface area contributed by atoms with E-state index >= 15 is 0 Å². The first-order chi connectivity index (χ1) is 9.78. The van der Waals surface area contributed by atoms with Crippen LogP contribution in [-0.4, -0.2) is 22.1 Å². The van der Waals surface area contributed by atoms with E-state index in [1.807, 2.05) is 12.1 Å². The largest absolute Gasteiger partial charge is 0.495 e. The Morgan fingerprint density at radius 2 is 2.20 bits per heavy atom. The first-order valence-corrected chi connectivity index (χ1v) is 6.24. The average molecular weight is 286 g/mol. The van der Waals surface area contributed by atoms with Crippen molar-refractivity contribution in [3.8, 4) is 5.75 Å². The predicted molar refractivity (Wildman–Crippen MR) is 77.5 cm³/mol. The molecule has 0 bridgehead atoms. The molecule has 20 heavy (non-hydrogen) atoms. The highest BCUT2D eigenvalue weighted by Crippen LogP contribution is 2.26. The van der Waals surface area contributed by atoms with Gasteiger partial charge in [-0.25, -0.2) is 15.0 Å². The van der Waals surface area contributed by atoms with E-state index in [-0.39, 0.29) is 0 Å². The lowest BCUT2D eigenvalue weighted by molar-refractivity contribution is 0.416. The van der Waals surface area contributed by atoms with E-state index in [9.17, 15) is 0 Å². The molecule has 0 aliphatic carbocycles. The minimum atomic E-state index is 0.348. The second-order valence-electron chi connectivity index (χ2n) is 3.98. The summed E-state index contributed by atoms with van der Waals surface area (Å²) in [5.74, 6) is 1.09. The van der Waals surface area contributed by atoms with Crippen LogP contribution in [0.3, 0.4) is 0 Å². The molecule has 3 rings (SSSR count). The molecule has 3 aromatic rings. The van der Waals surface area contributed by atoms with Crippen LogP contribution in [-0.2, 0) is 0 Å². The van der Waals surface area contributed by atoms with E-state index in [0.717, 1.165) is 11.1 Å². The smallest absolute Gasteiger partial charge is 0.227 e. The second kappa shape index (κ2) is 5.30. The van der Waals surface area contributed by atoms with E-state index in [1.165, 1.54) is 0 Å². The van der Waals surface area contributed by atoms with Gasteiger partial charge in [-0.2, -0.15) is 0 Å². The summed E-state index contributed by atoms with van der Waals surface area (Å²) in [4.78, 5) is 12.6. The van der Waals surface area contributed by atoms with Crippen LogP contribution in [0.4, 0.5) is 11.6 Å². The van der Waals surface area contributed by atoms with Crippen molar-refractivity contribution >= 4 is 34.1 Å². The van der Waals surface area contributed by atoms with Gasteiger partial charge in [0.1, 0.15) is 11.3 Å². The maximum Gasteiger partial charge on any atom is 0.227 e. The van der Waals surface area contributed by atoms with E-state index in [1.54, 1.807) is 31.6 Å². The zero-order chi connectivity index (χ0) is 13.9. The molecule has 0 saturated heterocycles. The third-order valence-corrected chi connectivity index (χ3v) is 3.02. The van der Waals surface area contributed by atoms with Gasteiger partial charge in [-0.05, 0) is 24.3 Å². The van der Waals surface area contributed by atoms with Crippen LogP contribution in [0, 0.1) is 6.07 Å². The van der Waals surface area contributed by atoms with Gasteiger partial charge in [0.15, 0.2) is 5.15 Å². The number of hydrogen-bond donors (Lipinski definition) is 1. The lowest BCUT2D eigenvalue weighted by Crippen LogP contribution is -1.99. The van der Waals surface area contributed by atoms with Gasteiger partial charge in [0, 0.05) is 17.8 Å². The number of rotatable bonds is 3. The summed E-state index contributed by atoms with van der Waals surface area (Å²) in [5, 5.41) is 4.27. The van der Waals surface area contributed by atoms with Crippen molar-refractivity contribution < 1.29 is 4.74 Å². The molecule has 0 aliphatic rings. The van der Waals surface area contributed by atoms with Crippen LogP contribution in [0.25, 0.3) is 10.9 Å². The van der Waals surface area contributed by atoms with Crippen molar-refractivity contribution in [1.29, 1.82) is 0 Å². The fourth-order valence-electron chi connectivity index (χ4n) is 1.79. The summed E-state index contributed by atoms with van der Waals surface area (Å²) in [6.45, 7) is 0. The minimum Gasteiger partial charge on any atom is -0.495 e. The quantitative estimate of drug-likeness (QED) is 0.749. The predicted octanol–water partition coefficient (Wildman–Crippen LogP) is 3.23. The molecule has 2 heterocycles. The second-order valence-corrected chi connectivity index (χ2v) is 4.34. The molecule has 0 amide bonds. The molecule has 99 valence electrons. The molecule has 0 spiro atoms. The van der Waals surface area contributed by atoms with Crippen molar-refractivity contribution in [2.75, 3.05) is 12.4 Å². The number of pyridine rings is 1. The number of aromatic nitrogens is 3. The normalized spacial score (nSPS) is 10.5. The maximum absolute atomic E-state index is 6.03. The molecular formula is C14H10ClN4O. The lowest BCUT2D eigenvalue weighted by Gasteiger charge is -2.09. The summed E-state index contributed by atoms with van der Waals surface area (Å²) >= 11 is 6.03. The number of nitrogens with one attached hydrogen (secondary N) is 1. The molecule has 1 N–H and O–H groups in total. The van der Waals surface area contributed by atoms with Crippen molar-refractivity contribution in [3.05, 3.63) is 47.9 Å². The molecule has 1 aromatic carbocycles. The van der Waals surface area contributed by atoms with Crippen molar-refractivity contribution in [3.63, 3.8) is 0 Å². The highest BCUT2D eigenvalue weighted by molar-refractivity contribution is 6.33. The van der Waals surface area contributed by atoms with E-state index in [0.29, 0.717) is 22.4 Å². The van der Waals surface area contributed by atoms with Gasteiger partial charge in [0.25, 0.3) is 0 Å². The van der Waals surface area contributed by atoms with Crippen LogP contribution >= 0.6 is 11.6 Å². The summed E-state index contributed by atoms with van der Waals surface area (Å²) in [5.41, 5.74) is 1.36. The number of ether oxygens (including phenoxy) is 1. The summed E-state index contributed by atoms with van der Waals surface area (Å²) in [7, 11) is 1.59. The third kappa shape index (κ3) is 2.35. The van der Waals surface area contributed by atoms with E-state index in [4.69, 9.17) is 16.3 Å². The topological polar surface area (TPSA) is 59.9 Å². The first kappa shape index (κ1) is 12.6. The Kier molecular flexibility index (Phi) is 3.35. The van der Waals surface area contributed by atoms with Gasteiger partial charge in [-0.1, -0.05) is 17.7 Å². The summed E-state index contributed by atoms with van der Waals surface area (Å²) in [6.07, 6.45) is 3.32. The molecular weight excluding hydrogens is 276 g/mol. The Morgan fingerprint density at radius 3 is 3.05 bits per heavy atom.